The molecule has 25 heavy (non-hydrogen) atoms. The van der Waals surface area contributed by atoms with Crippen molar-refractivity contribution >= 4 is 23.4 Å². The molecular formula is C17H22ClN5O2. The first kappa shape index (κ1) is 18.9. The smallest absolute Gasteiger partial charge is 0.244 e. The molecule has 0 aliphatic rings. The van der Waals surface area contributed by atoms with Gasteiger partial charge in [-0.25, -0.2) is 9.67 Å². The van der Waals surface area contributed by atoms with Gasteiger partial charge in [0.1, 0.15) is 18.2 Å². The predicted octanol–water partition coefficient (Wildman–Crippen LogP) is 1.71. The number of aromatic nitrogens is 3. The fraction of sp³-hybridized carbons (Fsp3) is 0.412. The third-order valence-electron chi connectivity index (χ3n) is 3.72. The van der Waals surface area contributed by atoms with Crippen molar-refractivity contribution in [2.24, 2.45) is 0 Å². The second-order valence-electron chi connectivity index (χ2n) is 5.67. The van der Waals surface area contributed by atoms with E-state index in [0.29, 0.717) is 29.8 Å². The zero-order chi connectivity index (χ0) is 18.4. The monoisotopic (exact) mass is 363 g/mol. The number of aryl methyl sites for hydroxylation is 2. The van der Waals surface area contributed by atoms with Gasteiger partial charge in [-0.05, 0) is 38.5 Å². The normalized spacial score (nSPS) is 10.6. The predicted molar refractivity (Wildman–Crippen MR) is 95.0 cm³/mol. The van der Waals surface area contributed by atoms with E-state index >= 15 is 0 Å². The van der Waals surface area contributed by atoms with E-state index in [2.05, 4.69) is 15.4 Å². The number of hydrogen-bond acceptors (Lipinski definition) is 4. The van der Waals surface area contributed by atoms with E-state index in [1.807, 2.05) is 19.1 Å². The molecule has 1 aromatic carbocycles. The highest BCUT2D eigenvalue weighted by Gasteiger charge is 2.17. The lowest BCUT2D eigenvalue weighted by molar-refractivity contribution is -0.136. The molecule has 0 aliphatic carbocycles. The van der Waals surface area contributed by atoms with E-state index in [4.69, 9.17) is 11.6 Å². The summed E-state index contributed by atoms with van der Waals surface area (Å²) in [5.41, 5.74) is 0.945. The van der Waals surface area contributed by atoms with Crippen molar-refractivity contribution in [3.05, 3.63) is 46.5 Å². The summed E-state index contributed by atoms with van der Waals surface area (Å²) in [5.74, 6) is 0.914. The minimum absolute atomic E-state index is 0.00957. The van der Waals surface area contributed by atoms with Gasteiger partial charge >= 0.3 is 0 Å². The van der Waals surface area contributed by atoms with Gasteiger partial charge in [0, 0.05) is 18.1 Å². The molecule has 2 rings (SSSR count). The summed E-state index contributed by atoms with van der Waals surface area (Å²) in [6.07, 6.45) is 0. The van der Waals surface area contributed by atoms with E-state index in [1.165, 1.54) is 4.90 Å². The molecule has 134 valence electrons. The van der Waals surface area contributed by atoms with Gasteiger partial charge in [-0.2, -0.15) is 5.10 Å². The molecule has 0 atom stereocenters. The summed E-state index contributed by atoms with van der Waals surface area (Å²) in [6.45, 7) is 6.33. The van der Waals surface area contributed by atoms with Crippen LogP contribution in [0.25, 0.3) is 0 Å². The Kier molecular flexibility index (Phi) is 6.52. The van der Waals surface area contributed by atoms with Crippen LogP contribution in [0.15, 0.2) is 24.3 Å². The highest BCUT2D eigenvalue weighted by atomic mass is 35.5. The van der Waals surface area contributed by atoms with E-state index in [0.717, 1.165) is 5.56 Å². The molecule has 0 radical (unpaired) electrons. The van der Waals surface area contributed by atoms with Crippen molar-refractivity contribution in [3.63, 3.8) is 0 Å². The SMILES string of the molecule is CCN(CC(=O)NCc1ccc(Cl)cc1)C(=O)Cn1nc(C)nc1C. The first-order valence-electron chi connectivity index (χ1n) is 8.06. The van der Waals surface area contributed by atoms with Crippen LogP contribution >= 0.6 is 11.6 Å². The Bertz CT molecular complexity index is 742. The number of nitrogens with zero attached hydrogens (tertiary/aromatic N) is 4. The van der Waals surface area contributed by atoms with E-state index < -0.39 is 0 Å². The van der Waals surface area contributed by atoms with Crippen LogP contribution in [0.2, 0.25) is 5.02 Å². The Hall–Kier alpha value is -2.41. The number of halogens is 1. The Balaban J connectivity index is 1.87. The minimum atomic E-state index is -0.211. The van der Waals surface area contributed by atoms with Gasteiger partial charge in [-0.15, -0.1) is 0 Å². The van der Waals surface area contributed by atoms with Crippen LogP contribution in [-0.2, 0) is 22.7 Å². The number of rotatable bonds is 7. The number of amides is 2. The first-order valence-corrected chi connectivity index (χ1v) is 8.43. The van der Waals surface area contributed by atoms with E-state index in [1.54, 1.807) is 30.7 Å². The van der Waals surface area contributed by atoms with Gasteiger partial charge in [-0.3, -0.25) is 9.59 Å². The summed E-state index contributed by atoms with van der Waals surface area (Å²) in [7, 11) is 0. The maximum absolute atomic E-state index is 12.4. The molecule has 2 amide bonds. The lowest BCUT2D eigenvalue weighted by atomic mass is 10.2. The zero-order valence-corrected chi connectivity index (χ0v) is 15.4. The molecule has 0 bridgehead atoms. The molecule has 0 fully saturated rings. The highest BCUT2D eigenvalue weighted by Crippen LogP contribution is 2.09. The fourth-order valence-corrected chi connectivity index (χ4v) is 2.47. The summed E-state index contributed by atoms with van der Waals surface area (Å²) in [4.78, 5) is 30.2. The Morgan fingerprint density at radius 2 is 1.92 bits per heavy atom. The van der Waals surface area contributed by atoms with Gasteiger partial charge in [0.2, 0.25) is 11.8 Å². The fourth-order valence-electron chi connectivity index (χ4n) is 2.35. The van der Waals surface area contributed by atoms with Crippen LogP contribution in [0, 0.1) is 13.8 Å². The Morgan fingerprint density at radius 1 is 1.24 bits per heavy atom. The van der Waals surface area contributed by atoms with Crippen molar-refractivity contribution in [3.8, 4) is 0 Å². The standard InChI is InChI=1S/C17H22ClN5O2/c1-4-22(17(25)11-23-13(3)20-12(2)21-23)10-16(24)19-9-14-5-7-15(18)8-6-14/h5-8H,4,9-11H2,1-3H3,(H,19,24). The summed E-state index contributed by atoms with van der Waals surface area (Å²) >= 11 is 5.83. The molecule has 7 nitrogen and oxygen atoms in total. The van der Waals surface area contributed by atoms with Gasteiger partial charge in [-0.1, -0.05) is 23.7 Å². The minimum Gasteiger partial charge on any atom is -0.350 e. The first-order chi connectivity index (χ1) is 11.9. The maximum Gasteiger partial charge on any atom is 0.244 e. The molecule has 2 aromatic rings. The summed E-state index contributed by atoms with van der Waals surface area (Å²) < 4.78 is 1.55. The number of likely N-dealkylation sites (N-methyl/N-ethyl adjacent to an activating group) is 1. The lowest BCUT2D eigenvalue weighted by Gasteiger charge is -2.20. The van der Waals surface area contributed by atoms with E-state index in [-0.39, 0.29) is 24.9 Å². The van der Waals surface area contributed by atoms with Gasteiger partial charge in [0.25, 0.3) is 0 Å². The lowest BCUT2D eigenvalue weighted by Crippen LogP contribution is -2.42. The molecule has 0 aliphatic heterocycles. The average molecular weight is 364 g/mol. The second kappa shape index (κ2) is 8.62. The molecule has 1 N–H and O–H groups in total. The highest BCUT2D eigenvalue weighted by molar-refractivity contribution is 6.30. The molecule has 0 saturated heterocycles. The number of benzene rings is 1. The molecule has 0 unspecified atom stereocenters. The number of hydrogen-bond donors (Lipinski definition) is 1. The second-order valence-corrected chi connectivity index (χ2v) is 6.11. The van der Waals surface area contributed by atoms with Crippen molar-refractivity contribution in [1.82, 2.24) is 25.0 Å². The van der Waals surface area contributed by atoms with Crippen LogP contribution in [0.4, 0.5) is 0 Å². The largest absolute Gasteiger partial charge is 0.350 e. The van der Waals surface area contributed by atoms with Crippen LogP contribution in [0.1, 0.15) is 24.1 Å². The molecule has 1 heterocycles. The molecule has 8 heteroatoms. The molecule has 0 saturated carbocycles. The van der Waals surface area contributed by atoms with Crippen LogP contribution < -0.4 is 5.32 Å². The van der Waals surface area contributed by atoms with Crippen LogP contribution in [0.3, 0.4) is 0 Å². The summed E-state index contributed by atoms with van der Waals surface area (Å²) in [6, 6.07) is 7.24. The van der Waals surface area contributed by atoms with Crippen molar-refractivity contribution in [2.75, 3.05) is 13.1 Å². The van der Waals surface area contributed by atoms with E-state index in [9.17, 15) is 9.59 Å². The quantitative estimate of drug-likeness (QED) is 0.812. The van der Waals surface area contributed by atoms with Crippen molar-refractivity contribution < 1.29 is 9.59 Å². The Labute approximate surface area is 152 Å². The number of carbonyl (C=O) groups excluding carboxylic acids is 2. The molecular weight excluding hydrogens is 342 g/mol. The summed E-state index contributed by atoms with van der Waals surface area (Å²) in [5, 5.41) is 7.63. The average Bonchev–Trinajstić information content (AvgIpc) is 2.89. The third-order valence-corrected chi connectivity index (χ3v) is 3.97. The Morgan fingerprint density at radius 3 is 2.48 bits per heavy atom. The molecule has 0 spiro atoms. The number of nitrogens with one attached hydrogen (secondary N) is 1. The van der Waals surface area contributed by atoms with Gasteiger partial charge < -0.3 is 10.2 Å². The molecule has 1 aromatic heterocycles. The number of carbonyl (C=O) groups is 2. The maximum atomic E-state index is 12.4. The van der Waals surface area contributed by atoms with Gasteiger partial charge in [0.05, 0.1) is 6.54 Å². The van der Waals surface area contributed by atoms with Gasteiger partial charge in [0.15, 0.2) is 0 Å². The third kappa shape index (κ3) is 5.56. The van der Waals surface area contributed by atoms with Crippen LogP contribution in [0.5, 0.6) is 0 Å². The zero-order valence-electron chi connectivity index (χ0n) is 14.6. The van der Waals surface area contributed by atoms with Crippen molar-refractivity contribution in [2.45, 2.75) is 33.9 Å². The topological polar surface area (TPSA) is 80.1 Å². The van der Waals surface area contributed by atoms with Crippen molar-refractivity contribution in [1.29, 1.82) is 0 Å². The van der Waals surface area contributed by atoms with Crippen LogP contribution in [-0.4, -0.2) is 44.6 Å².